The fraction of sp³-hybridized carbons (Fsp3) is 0.188. The van der Waals surface area contributed by atoms with Crippen molar-refractivity contribution in [3.8, 4) is 17.1 Å². The summed E-state index contributed by atoms with van der Waals surface area (Å²) in [6.45, 7) is 2.04. The number of aromatic nitrogens is 3. The van der Waals surface area contributed by atoms with Crippen LogP contribution in [0, 0.1) is 0 Å². The largest absolute Gasteiger partial charge is 0.480 e. The van der Waals surface area contributed by atoms with Crippen LogP contribution in [0.5, 0.6) is 5.88 Å². The lowest BCUT2D eigenvalue weighted by Gasteiger charge is -2.05. The van der Waals surface area contributed by atoms with Crippen LogP contribution in [-0.2, 0) is 4.74 Å². The van der Waals surface area contributed by atoms with Gasteiger partial charge in [0.25, 0.3) is 0 Å². The lowest BCUT2D eigenvalue weighted by Crippen LogP contribution is -2.11. The second kappa shape index (κ2) is 5.85. The fourth-order valence-electron chi connectivity index (χ4n) is 2.21. The van der Waals surface area contributed by atoms with E-state index < -0.39 is 5.97 Å². The average Bonchev–Trinajstić information content (AvgIpc) is 2.94. The Morgan fingerprint density at radius 1 is 1.18 bits per heavy atom. The van der Waals surface area contributed by atoms with Crippen molar-refractivity contribution in [2.24, 2.45) is 0 Å². The minimum Gasteiger partial charge on any atom is -0.480 e. The van der Waals surface area contributed by atoms with Gasteiger partial charge in [-0.2, -0.15) is 0 Å². The van der Waals surface area contributed by atoms with Crippen LogP contribution in [0.15, 0.2) is 42.5 Å². The van der Waals surface area contributed by atoms with Crippen molar-refractivity contribution in [2.75, 3.05) is 13.7 Å². The molecule has 6 heteroatoms. The van der Waals surface area contributed by atoms with Crippen molar-refractivity contribution in [1.29, 1.82) is 0 Å². The highest BCUT2D eigenvalue weighted by molar-refractivity contribution is 5.95. The van der Waals surface area contributed by atoms with Gasteiger partial charge < -0.3 is 9.47 Å². The fourth-order valence-corrected chi connectivity index (χ4v) is 2.21. The van der Waals surface area contributed by atoms with Gasteiger partial charge in [0.15, 0.2) is 11.3 Å². The molecule has 0 fully saturated rings. The standard InChI is InChI=1S/C16H15N3O3/c1-3-22-16(20)15-14(11-7-5-4-6-8-11)17-12-9-10-13(21-2)18-19(12)15/h4-10H,3H2,1-2H3. The highest BCUT2D eigenvalue weighted by atomic mass is 16.5. The van der Waals surface area contributed by atoms with E-state index in [9.17, 15) is 4.79 Å². The molecular formula is C16H15N3O3. The van der Waals surface area contributed by atoms with Gasteiger partial charge in [-0.15, -0.1) is 5.10 Å². The molecule has 0 bridgehead atoms. The summed E-state index contributed by atoms with van der Waals surface area (Å²) in [5.41, 5.74) is 2.22. The molecule has 2 aromatic heterocycles. The molecule has 3 aromatic rings. The molecule has 0 saturated heterocycles. The minimum atomic E-state index is -0.463. The van der Waals surface area contributed by atoms with Gasteiger partial charge in [-0.05, 0) is 13.0 Å². The second-order valence-corrected chi connectivity index (χ2v) is 4.54. The van der Waals surface area contributed by atoms with Gasteiger partial charge in [0.2, 0.25) is 5.88 Å². The number of carbonyl (C=O) groups excluding carboxylic acids is 1. The van der Waals surface area contributed by atoms with Crippen molar-refractivity contribution >= 4 is 11.6 Å². The van der Waals surface area contributed by atoms with Crippen LogP contribution in [0.2, 0.25) is 0 Å². The Balaban J connectivity index is 2.26. The first-order valence-corrected chi connectivity index (χ1v) is 6.91. The van der Waals surface area contributed by atoms with Gasteiger partial charge in [0.1, 0.15) is 5.69 Å². The Kier molecular flexibility index (Phi) is 3.74. The normalized spacial score (nSPS) is 10.6. The Morgan fingerprint density at radius 3 is 2.64 bits per heavy atom. The molecule has 0 amide bonds. The zero-order chi connectivity index (χ0) is 15.5. The van der Waals surface area contributed by atoms with Gasteiger partial charge in [-0.25, -0.2) is 14.3 Å². The van der Waals surface area contributed by atoms with Crippen LogP contribution in [0.1, 0.15) is 17.4 Å². The number of carbonyl (C=O) groups is 1. The number of ether oxygens (including phenoxy) is 2. The predicted octanol–water partition coefficient (Wildman–Crippen LogP) is 2.58. The van der Waals surface area contributed by atoms with E-state index in [1.165, 1.54) is 11.6 Å². The maximum absolute atomic E-state index is 12.3. The van der Waals surface area contributed by atoms with Crippen LogP contribution in [0.3, 0.4) is 0 Å². The van der Waals surface area contributed by atoms with Crippen molar-refractivity contribution in [2.45, 2.75) is 6.92 Å². The van der Waals surface area contributed by atoms with Crippen LogP contribution in [0.25, 0.3) is 16.9 Å². The second-order valence-electron chi connectivity index (χ2n) is 4.54. The van der Waals surface area contributed by atoms with E-state index in [4.69, 9.17) is 9.47 Å². The molecule has 2 heterocycles. The number of esters is 1. The summed E-state index contributed by atoms with van der Waals surface area (Å²) in [6.07, 6.45) is 0. The number of hydrogen-bond acceptors (Lipinski definition) is 5. The van der Waals surface area contributed by atoms with Crippen molar-refractivity contribution < 1.29 is 14.3 Å². The Bertz CT molecular complexity index is 812. The minimum absolute atomic E-state index is 0.282. The molecule has 6 nitrogen and oxygen atoms in total. The highest BCUT2D eigenvalue weighted by Gasteiger charge is 2.23. The number of methoxy groups -OCH3 is 1. The van der Waals surface area contributed by atoms with E-state index in [1.54, 1.807) is 19.1 Å². The maximum atomic E-state index is 12.3. The van der Waals surface area contributed by atoms with E-state index in [0.29, 0.717) is 22.9 Å². The quantitative estimate of drug-likeness (QED) is 0.692. The molecule has 0 aliphatic carbocycles. The van der Waals surface area contributed by atoms with Gasteiger partial charge in [0, 0.05) is 11.6 Å². The predicted molar refractivity (Wildman–Crippen MR) is 80.9 cm³/mol. The Labute approximate surface area is 127 Å². The number of imidazole rings is 1. The lowest BCUT2D eigenvalue weighted by atomic mass is 10.1. The van der Waals surface area contributed by atoms with Crippen molar-refractivity contribution in [1.82, 2.24) is 14.6 Å². The molecule has 0 saturated carbocycles. The molecule has 3 rings (SSSR count). The van der Waals surface area contributed by atoms with Gasteiger partial charge in [-0.3, -0.25) is 0 Å². The van der Waals surface area contributed by atoms with Crippen LogP contribution in [-0.4, -0.2) is 34.3 Å². The molecule has 112 valence electrons. The summed E-state index contributed by atoms with van der Waals surface area (Å²) >= 11 is 0. The topological polar surface area (TPSA) is 65.7 Å². The molecule has 0 unspecified atom stereocenters. The number of benzene rings is 1. The smallest absolute Gasteiger partial charge is 0.359 e. The lowest BCUT2D eigenvalue weighted by molar-refractivity contribution is 0.0517. The first-order valence-electron chi connectivity index (χ1n) is 6.91. The zero-order valence-electron chi connectivity index (χ0n) is 12.3. The Hall–Kier alpha value is -2.89. The number of nitrogens with zero attached hydrogens (tertiary/aromatic N) is 3. The van der Waals surface area contributed by atoms with Crippen LogP contribution < -0.4 is 4.74 Å². The van der Waals surface area contributed by atoms with Crippen LogP contribution >= 0.6 is 0 Å². The Morgan fingerprint density at radius 2 is 1.95 bits per heavy atom. The maximum Gasteiger partial charge on any atom is 0.359 e. The number of hydrogen-bond donors (Lipinski definition) is 0. The average molecular weight is 297 g/mol. The summed E-state index contributed by atoms with van der Waals surface area (Å²) in [6, 6.07) is 12.9. The molecule has 1 aromatic carbocycles. The monoisotopic (exact) mass is 297 g/mol. The third kappa shape index (κ3) is 2.39. The third-order valence-corrected chi connectivity index (χ3v) is 3.18. The zero-order valence-corrected chi connectivity index (χ0v) is 12.3. The van der Waals surface area contributed by atoms with E-state index >= 15 is 0 Å². The summed E-state index contributed by atoms with van der Waals surface area (Å²) in [5.74, 6) is -0.0651. The summed E-state index contributed by atoms with van der Waals surface area (Å²) in [5, 5.41) is 4.27. The van der Waals surface area contributed by atoms with Crippen LogP contribution in [0.4, 0.5) is 0 Å². The number of rotatable bonds is 4. The van der Waals surface area contributed by atoms with Gasteiger partial charge in [-0.1, -0.05) is 30.3 Å². The van der Waals surface area contributed by atoms with E-state index in [-0.39, 0.29) is 6.61 Å². The molecule has 0 N–H and O–H groups in total. The van der Waals surface area contributed by atoms with E-state index in [0.717, 1.165) is 5.56 Å². The number of fused-ring (bicyclic) bond motifs is 1. The third-order valence-electron chi connectivity index (χ3n) is 3.18. The molecule has 0 atom stereocenters. The van der Waals surface area contributed by atoms with Crippen molar-refractivity contribution in [3.05, 3.63) is 48.2 Å². The summed E-state index contributed by atoms with van der Waals surface area (Å²) < 4.78 is 11.7. The van der Waals surface area contributed by atoms with E-state index in [2.05, 4.69) is 10.1 Å². The SMILES string of the molecule is CCOC(=O)c1c(-c2ccccc2)nc2ccc(OC)nn12. The summed E-state index contributed by atoms with van der Waals surface area (Å²) in [7, 11) is 1.52. The highest BCUT2D eigenvalue weighted by Crippen LogP contribution is 2.25. The molecule has 0 aliphatic rings. The first kappa shape index (κ1) is 14.1. The molecular weight excluding hydrogens is 282 g/mol. The summed E-state index contributed by atoms with van der Waals surface area (Å²) in [4.78, 5) is 16.9. The van der Waals surface area contributed by atoms with E-state index in [1.807, 2.05) is 30.3 Å². The molecule has 0 radical (unpaired) electrons. The molecule has 0 spiro atoms. The van der Waals surface area contributed by atoms with Gasteiger partial charge in [0.05, 0.1) is 13.7 Å². The first-order chi connectivity index (χ1) is 10.7. The molecule has 0 aliphatic heterocycles. The van der Waals surface area contributed by atoms with Crippen molar-refractivity contribution in [3.63, 3.8) is 0 Å². The molecule has 22 heavy (non-hydrogen) atoms. The van der Waals surface area contributed by atoms with Gasteiger partial charge >= 0.3 is 5.97 Å².